The van der Waals surface area contributed by atoms with Gasteiger partial charge in [-0.3, -0.25) is 24.1 Å². The van der Waals surface area contributed by atoms with E-state index in [1.807, 2.05) is 19.1 Å². The number of rotatable bonds is 4. The Bertz CT molecular complexity index is 1450. The Balaban J connectivity index is 1.56. The third-order valence-corrected chi connectivity index (χ3v) is 9.59. The third kappa shape index (κ3) is 3.37. The number of phenolic OH excluding ortho intramolecular Hbond substituents is 1. The molecule has 3 fully saturated rings. The Kier molecular flexibility index (Phi) is 5.88. The smallest absolute Gasteiger partial charge is 0.241 e. The van der Waals surface area contributed by atoms with Crippen LogP contribution in [0.5, 0.6) is 11.5 Å². The minimum absolute atomic E-state index is 0.0573. The van der Waals surface area contributed by atoms with Gasteiger partial charge in [-0.2, -0.15) is 0 Å². The number of halogens is 1. The molecule has 6 rings (SSSR count). The van der Waals surface area contributed by atoms with E-state index in [1.165, 1.54) is 16.9 Å². The number of aromatic hydroxyl groups is 1. The fourth-order valence-corrected chi connectivity index (χ4v) is 7.73. The molecule has 0 radical (unpaired) electrons. The average Bonchev–Trinajstić information content (AvgIpc) is 3.29. The molecule has 4 aliphatic rings. The molecular formula is C30H29ClN2O6. The maximum atomic E-state index is 14.3. The van der Waals surface area contributed by atoms with Gasteiger partial charge in [-0.05, 0) is 62.4 Å². The lowest BCUT2D eigenvalue weighted by Crippen LogP contribution is -2.48. The standard InChI is InChI=1S/C30H29ClN2O6/c1-4-32-26(35)18-11-10-17-19(23(18)28(32)37)14-20-27(36)33(16-8-6-5-7-9-16)29(38)30(20,2)24(17)15-12-21(31)25(34)22(13-15)39-3/h5-10,12-13,18-20,23-24,34H,4,11,14H2,1-3H3. The Morgan fingerprint density at radius 3 is 2.44 bits per heavy atom. The Labute approximate surface area is 231 Å². The van der Waals surface area contributed by atoms with E-state index in [0.717, 1.165) is 5.57 Å². The summed E-state index contributed by atoms with van der Waals surface area (Å²) >= 11 is 6.42. The quantitative estimate of drug-likeness (QED) is 0.451. The Hall–Kier alpha value is -3.65. The number of amides is 4. The lowest BCUT2D eigenvalue weighted by atomic mass is 9.51. The molecule has 4 amide bonds. The van der Waals surface area contributed by atoms with Gasteiger partial charge in [0.25, 0.3) is 0 Å². The summed E-state index contributed by atoms with van der Waals surface area (Å²) in [6, 6.07) is 12.1. The SMILES string of the molecule is CCN1C(=O)C2CC=C3C(CC4C(=O)N(c5ccccc5)C(=O)C4(C)C3c3cc(Cl)c(O)c(OC)c3)C2C1=O. The van der Waals surface area contributed by atoms with Gasteiger partial charge in [0.15, 0.2) is 11.5 Å². The van der Waals surface area contributed by atoms with Crippen molar-refractivity contribution >= 4 is 40.9 Å². The highest BCUT2D eigenvalue weighted by Gasteiger charge is 2.67. The first-order valence-electron chi connectivity index (χ1n) is 13.2. The fraction of sp³-hybridized carbons (Fsp3) is 0.400. The van der Waals surface area contributed by atoms with Gasteiger partial charge in [0.2, 0.25) is 23.6 Å². The zero-order valence-corrected chi connectivity index (χ0v) is 22.6. The first-order valence-corrected chi connectivity index (χ1v) is 13.6. The van der Waals surface area contributed by atoms with Gasteiger partial charge in [0.05, 0.1) is 41.0 Å². The fourth-order valence-electron chi connectivity index (χ4n) is 7.51. The number of anilines is 1. The first-order chi connectivity index (χ1) is 18.6. The van der Waals surface area contributed by atoms with E-state index in [0.29, 0.717) is 24.2 Å². The van der Waals surface area contributed by atoms with Crippen LogP contribution in [0.4, 0.5) is 5.69 Å². The minimum atomic E-state index is -1.19. The van der Waals surface area contributed by atoms with E-state index in [1.54, 1.807) is 43.3 Å². The summed E-state index contributed by atoms with van der Waals surface area (Å²) in [5.74, 6) is -3.94. The predicted molar refractivity (Wildman–Crippen MR) is 143 cm³/mol. The molecule has 2 aromatic carbocycles. The summed E-state index contributed by atoms with van der Waals surface area (Å²) < 4.78 is 5.38. The van der Waals surface area contributed by atoms with E-state index in [9.17, 15) is 24.3 Å². The predicted octanol–water partition coefficient (Wildman–Crippen LogP) is 4.30. The lowest BCUT2D eigenvalue weighted by Gasteiger charge is -2.49. The highest BCUT2D eigenvalue weighted by Crippen LogP contribution is 2.64. The molecule has 9 heteroatoms. The van der Waals surface area contributed by atoms with Crippen LogP contribution in [0, 0.1) is 29.1 Å². The van der Waals surface area contributed by atoms with Gasteiger partial charge in [-0.1, -0.05) is 41.4 Å². The van der Waals surface area contributed by atoms with Crippen molar-refractivity contribution in [2.24, 2.45) is 29.1 Å². The summed E-state index contributed by atoms with van der Waals surface area (Å²) in [5, 5.41) is 10.5. The number of likely N-dealkylation sites (tertiary alicyclic amines) is 1. The van der Waals surface area contributed by atoms with Crippen LogP contribution < -0.4 is 9.64 Å². The number of allylic oxidation sites excluding steroid dienone is 2. The molecule has 1 N–H and O–H groups in total. The molecule has 1 saturated carbocycles. The molecule has 2 saturated heterocycles. The molecule has 39 heavy (non-hydrogen) atoms. The number of imide groups is 2. The number of benzene rings is 2. The molecule has 6 unspecified atom stereocenters. The highest BCUT2D eigenvalue weighted by atomic mass is 35.5. The van der Waals surface area contributed by atoms with Crippen LogP contribution >= 0.6 is 11.6 Å². The van der Waals surface area contributed by atoms with E-state index >= 15 is 0 Å². The second-order valence-corrected chi connectivity index (χ2v) is 11.4. The second-order valence-electron chi connectivity index (χ2n) is 11.0. The van der Waals surface area contributed by atoms with Crippen molar-refractivity contribution in [2.75, 3.05) is 18.6 Å². The number of methoxy groups -OCH3 is 1. The monoisotopic (exact) mass is 548 g/mol. The number of ether oxygens (including phenoxy) is 1. The Morgan fingerprint density at radius 2 is 1.77 bits per heavy atom. The Morgan fingerprint density at radius 1 is 1.05 bits per heavy atom. The average molecular weight is 549 g/mol. The van der Waals surface area contributed by atoms with Crippen LogP contribution in [0.15, 0.2) is 54.1 Å². The van der Waals surface area contributed by atoms with E-state index < -0.39 is 35.0 Å². The van der Waals surface area contributed by atoms with Gasteiger partial charge >= 0.3 is 0 Å². The number of hydrogen-bond donors (Lipinski definition) is 1. The normalized spacial score (nSPS) is 31.7. The number of phenols is 1. The molecule has 2 aliphatic carbocycles. The molecule has 2 aromatic rings. The summed E-state index contributed by atoms with van der Waals surface area (Å²) in [6.45, 7) is 3.88. The van der Waals surface area contributed by atoms with Gasteiger partial charge in [-0.15, -0.1) is 0 Å². The molecule has 8 nitrogen and oxygen atoms in total. The number of nitrogens with zero attached hydrogens (tertiary/aromatic N) is 2. The molecule has 0 aromatic heterocycles. The van der Waals surface area contributed by atoms with Crippen LogP contribution in [0.1, 0.15) is 38.2 Å². The number of hydrogen-bond acceptors (Lipinski definition) is 6. The van der Waals surface area contributed by atoms with E-state index in [4.69, 9.17) is 16.3 Å². The molecular weight excluding hydrogens is 520 g/mol. The van der Waals surface area contributed by atoms with Gasteiger partial charge < -0.3 is 9.84 Å². The van der Waals surface area contributed by atoms with E-state index in [-0.39, 0.29) is 46.6 Å². The molecule has 0 bridgehead atoms. The number of para-hydroxylation sites is 1. The van der Waals surface area contributed by atoms with Gasteiger partial charge in [0.1, 0.15) is 0 Å². The number of carbonyl (C=O) groups excluding carboxylic acids is 4. The lowest BCUT2D eigenvalue weighted by molar-refractivity contribution is -0.140. The largest absolute Gasteiger partial charge is 0.503 e. The van der Waals surface area contributed by atoms with Crippen LogP contribution in [-0.2, 0) is 19.2 Å². The molecule has 202 valence electrons. The molecule has 2 aliphatic heterocycles. The summed E-state index contributed by atoms with van der Waals surface area (Å²) in [7, 11) is 1.41. The van der Waals surface area contributed by atoms with Crippen LogP contribution in [0.3, 0.4) is 0 Å². The van der Waals surface area contributed by atoms with Gasteiger partial charge in [-0.25, -0.2) is 4.90 Å². The van der Waals surface area contributed by atoms with Crippen molar-refractivity contribution in [3.8, 4) is 11.5 Å². The van der Waals surface area contributed by atoms with Crippen molar-refractivity contribution in [3.05, 3.63) is 64.7 Å². The van der Waals surface area contributed by atoms with Crippen molar-refractivity contribution < 1.29 is 29.0 Å². The summed E-state index contributed by atoms with van der Waals surface area (Å²) in [5.41, 5.74) is 0.761. The van der Waals surface area contributed by atoms with Gasteiger partial charge in [0, 0.05) is 12.5 Å². The number of fused-ring (bicyclic) bond motifs is 4. The first kappa shape index (κ1) is 25.6. The second kappa shape index (κ2) is 8.95. The molecule has 2 heterocycles. The third-order valence-electron chi connectivity index (χ3n) is 9.30. The van der Waals surface area contributed by atoms with Crippen molar-refractivity contribution in [1.82, 2.24) is 4.90 Å². The zero-order valence-electron chi connectivity index (χ0n) is 21.9. The van der Waals surface area contributed by atoms with E-state index in [2.05, 4.69) is 0 Å². The summed E-state index contributed by atoms with van der Waals surface area (Å²) in [4.78, 5) is 57.6. The van der Waals surface area contributed by atoms with Crippen LogP contribution in [-0.4, -0.2) is 47.3 Å². The van der Waals surface area contributed by atoms with Crippen LogP contribution in [0.2, 0.25) is 5.02 Å². The minimum Gasteiger partial charge on any atom is -0.503 e. The topological polar surface area (TPSA) is 104 Å². The van der Waals surface area contributed by atoms with Crippen LogP contribution in [0.25, 0.3) is 0 Å². The zero-order chi connectivity index (χ0) is 27.8. The maximum absolute atomic E-state index is 14.3. The maximum Gasteiger partial charge on any atom is 0.241 e. The van der Waals surface area contributed by atoms with Crippen molar-refractivity contribution in [1.29, 1.82) is 0 Å². The molecule has 6 atom stereocenters. The highest BCUT2D eigenvalue weighted by molar-refractivity contribution is 6.32. The molecule has 0 spiro atoms. The van der Waals surface area contributed by atoms with Crippen molar-refractivity contribution in [2.45, 2.75) is 32.6 Å². The number of carbonyl (C=O) groups is 4. The van der Waals surface area contributed by atoms with Crippen molar-refractivity contribution in [3.63, 3.8) is 0 Å². The summed E-state index contributed by atoms with van der Waals surface area (Å²) in [6.07, 6.45) is 2.65.